The van der Waals surface area contributed by atoms with Gasteiger partial charge in [0, 0.05) is 23.7 Å². The van der Waals surface area contributed by atoms with Gasteiger partial charge in [-0.05, 0) is 42.5 Å². The number of nitrogens with one attached hydrogen (secondary N) is 1. The van der Waals surface area contributed by atoms with Crippen molar-refractivity contribution in [3.8, 4) is 11.5 Å². The molecule has 7 heteroatoms. The number of amides is 2. The molecule has 2 aromatic carbocycles. The zero-order valence-electron chi connectivity index (χ0n) is 14.7. The first-order valence-corrected chi connectivity index (χ1v) is 7.88. The molecule has 0 saturated heterocycles. The highest BCUT2D eigenvalue weighted by Gasteiger charge is 2.19. The zero-order chi connectivity index (χ0) is 18.8. The van der Waals surface area contributed by atoms with Gasteiger partial charge in [0.1, 0.15) is 17.2 Å². The van der Waals surface area contributed by atoms with Crippen molar-refractivity contribution in [3.05, 3.63) is 53.7 Å². The van der Waals surface area contributed by atoms with Crippen molar-refractivity contribution in [1.29, 1.82) is 0 Å². The lowest BCUT2D eigenvalue weighted by Crippen LogP contribution is -2.16. The predicted molar refractivity (Wildman–Crippen MR) is 98.9 cm³/mol. The van der Waals surface area contributed by atoms with Gasteiger partial charge in [-0.3, -0.25) is 9.59 Å². The van der Waals surface area contributed by atoms with E-state index >= 15 is 0 Å². The van der Waals surface area contributed by atoms with E-state index in [0.29, 0.717) is 28.4 Å². The van der Waals surface area contributed by atoms with Crippen molar-refractivity contribution in [2.24, 2.45) is 12.8 Å². The average Bonchev–Trinajstić information content (AvgIpc) is 2.99. The molecule has 0 saturated carbocycles. The normalized spacial score (nSPS) is 10.6. The summed E-state index contributed by atoms with van der Waals surface area (Å²) >= 11 is 0. The molecular formula is C19H19N3O4. The van der Waals surface area contributed by atoms with Crippen LogP contribution in [0.2, 0.25) is 0 Å². The minimum atomic E-state index is -0.518. The topological polar surface area (TPSA) is 95.6 Å². The van der Waals surface area contributed by atoms with E-state index in [9.17, 15) is 9.59 Å². The molecule has 26 heavy (non-hydrogen) atoms. The number of fused-ring (bicyclic) bond motifs is 1. The molecule has 1 heterocycles. The van der Waals surface area contributed by atoms with E-state index in [1.165, 1.54) is 0 Å². The van der Waals surface area contributed by atoms with Gasteiger partial charge in [-0.1, -0.05) is 0 Å². The van der Waals surface area contributed by atoms with Gasteiger partial charge in [-0.15, -0.1) is 0 Å². The SMILES string of the molecule is COc1ccc(OC)c2c1cc(C(=O)Nc1ccc(C(N)=O)cc1)n2C. The second-order valence-corrected chi connectivity index (χ2v) is 5.72. The zero-order valence-corrected chi connectivity index (χ0v) is 14.7. The smallest absolute Gasteiger partial charge is 0.272 e. The average molecular weight is 353 g/mol. The minimum absolute atomic E-state index is 0.292. The summed E-state index contributed by atoms with van der Waals surface area (Å²) in [7, 11) is 4.94. The fraction of sp³-hybridized carbons (Fsp3) is 0.158. The summed E-state index contributed by atoms with van der Waals surface area (Å²) < 4.78 is 12.5. The number of aromatic nitrogens is 1. The van der Waals surface area contributed by atoms with Crippen molar-refractivity contribution >= 4 is 28.4 Å². The van der Waals surface area contributed by atoms with E-state index in [4.69, 9.17) is 15.2 Å². The third kappa shape index (κ3) is 2.95. The molecule has 2 amide bonds. The second-order valence-electron chi connectivity index (χ2n) is 5.72. The van der Waals surface area contributed by atoms with Crippen molar-refractivity contribution in [1.82, 2.24) is 4.57 Å². The molecule has 0 atom stereocenters. The van der Waals surface area contributed by atoms with Gasteiger partial charge in [0.2, 0.25) is 5.91 Å². The van der Waals surface area contributed by atoms with Crippen molar-refractivity contribution in [2.75, 3.05) is 19.5 Å². The maximum absolute atomic E-state index is 12.7. The van der Waals surface area contributed by atoms with Crippen LogP contribution < -0.4 is 20.5 Å². The number of benzene rings is 2. The number of rotatable bonds is 5. The summed E-state index contributed by atoms with van der Waals surface area (Å²) in [5.41, 5.74) is 7.37. The Morgan fingerprint density at radius 3 is 2.19 bits per heavy atom. The van der Waals surface area contributed by atoms with Crippen molar-refractivity contribution in [3.63, 3.8) is 0 Å². The molecule has 134 valence electrons. The van der Waals surface area contributed by atoms with Crippen LogP contribution in [0, 0.1) is 0 Å². The van der Waals surface area contributed by atoms with E-state index in [0.717, 1.165) is 10.9 Å². The van der Waals surface area contributed by atoms with E-state index in [2.05, 4.69) is 5.32 Å². The Hall–Kier alpha value is -3.48. The van der Waals surface area contributed by atoms with Crippen LogP contribution in [-0.2, 0) is 7.05 Å². The molecule has 0 aliphatic rings. The predicted octanol–water partition coefficient (Wildman–Crippen LogP) is 2.55. The van der Waals surface area contributed by atoms with Gasteiger partial charge in [-0.2, -0.15) is 0 Å². The van der Waals surface area contributed by atoms with Crippen molar-refractivity contribution in [2.45, 2.75) is 0 Å². The Labute approximate surface area is 150 Å². The molecule has 0 aliphatic carbocycles. The number of aryl methyl sites for hydroxylation is 1. The summed E-state index contributed by atoms with van der Waals surface area (Å²) in [5.74, 6) is 0.491. The van der Waals surface area contributed by atoms with Gasteiger partial charge >= 0.3 is 0 Å². The van der Waals surface area contributed by atoms with Crippen LogP contribution in [0.25, 0.3) is 10.9 Å². The van der Waals surface area contributed by atoms with Gasteiger partial charge < -0.3 is 25.1 Å². The Bertz CT molecular complexity index is 990. The molecule has 3 aromatic rings. The summed E-state index contributed by atoms with van der Waals surface area (Å²) in [6, 6.07) is 11.7. The molecule has 0 bridgehead atoms. The lowest BCUT2D eigenvalue weighted by molar-refractivity contribution is 0.0997. The second kappa shape index (κ2) is 6.79. The molecule has 1 aromatic heterocycles. The highest BCUT2D eigenvalue weighted by atomic mass is 16.5. The number of carbonyl (C=O) groups excluding carboxylic acids is 2. The lowest BCUT2D eigenvalue weighted by Gasteiger charge is -2.09. The van der Waals surface area contributed by atoms with Gasteiger partial charge in [-0.25, -0.2) is 0 Å². The van der Waals surface area contributed by atoms with E-state index in [1.807, 2.05) is 0 Å². The number of primary amides is 1. The van der Waals surface area contributed by atoms with Crippen LogP contribution in [0.15, 0.2) is 42.5 Å². The number of nitrogens with zero attached hydrogens (tertiary/aromatic N) is 1. The van der Waals surface area contributed by atoms with Gasteiger partial charge in [0.05, 0.1) is 19.7 Å². The third-order valence-corrected chi connectivity index (χ3v) is 4.22. The molecule has 3 N–H and O–H groups in total. The molecule has 0 aliphatic heterocycles. The quantitative estimate of drug-likeness (QED) is 0.737. The van der Waals surface area contributed by atoms with Crippen LogP contribution in [0.1, 0.15) is 20.8 Å². The number of ether oxygens (including phenoxy) is 2. The third-order valence-electron chi connectivity index (χ3n) is 4.22. The number of nitrogens with two attached hydrogens (primary N) is 1. The summed E-state index contributed by atoms with van der Waals surface area (Å²) in [6.07, 6.45) is 0. The Morgan fingerprint density at radius 1 is 1.00 bits per heavy atom. The van der Waals surface area contributed by atoms with Gasteiger partial charge in [0.25, 0.3) is 5.91 Å². The van der Waals surface area contributed by atoms with Crippen LogP contribution in [-0.4, -0.2) is 30.6 Å². The standard InChI is InChI=1S/C19H19N3O4/c1-22-14(10-13-15(25-2)8-9-16(26-3)17(13)22)19(24)21-12-6-4-11(5-7-12)18(20)23/h4-10H,1-3H3,(H2,20,23)(H,21,24). The number of hydrogen-bond acceptors (Lipinski definition) is 4. The van der Waals surface area contributed by atoms with Crippen LogP contribution in [0.4, 0.5) is 5.69 Å². The molecule has 0 fully saturated rings. The molecule has 0 radical (unpaired) electrons. The summed E-state index contributed by atoms with van der Waals surface area (Å²) in [6.45, 7) is 0. The molecule has 0 spiro atoms. The van der Waals surface area contributed by atoms with Crippen molar-refractivity contribution < 1.29 is 19.1 Å². The van der Waals surface area contributed by atoms with Crippen LogP contribution >= 0.6 is 0 Å². The fourth-order valence-corrected chi connectivity index (χ4v) is 2.88. The fourth-order valence-electron chi connectivity index (χ4n) is 2.88. The largest absolute Gasteiger partial charge is 0.496 e. The first-order chi connectivity index (χ1) is 12.5. The highest BCUT2D eigenvalue weighted by Crippen LogP contribution is 2.35. The number of methoxy groups -OCH3 is 2. The van der Waals surface area contributed by atoms with Crippen LogP contribution in [0.3, 0.4) is 0 Å². The lowest BCUT2D eigenvalue weighted by atomic mass is 10.2. The monoisotopic (exact) mass is 353 g/mol. The van der Waals surface area contributed by atoms with E-state index < -0.39 is 5.91 Å². The Balaban J connectivity index is 1.98. The minimum Gasteiger partial charge on any atom is -0.496 e. The summed E-state index contributed by atoms with van der Waals surface area (Å²) in [4.78, 5) is 23.8. The Morgan fingerprint density at radius 2 is 1.62 bits per heavy atom. The molecule has 0 unspecified atom stereocenters. The number of carbonyl (C=O) groups is 2. The molecule has 3 rings (SSSR count). The number of hydrogen-bond donors (Lipinski definition) is 2. The maximum Gasteiger partial charge on any atom is 0.272 e. The molecule has 7 nitrogen and oxygen atoms in total. The van der Waals surface area contributed by atoms with E-state index in [-0.39, 0.29) is 5.91 Å². The summed E-state index contributed by atoms with van der Waals surface area (Å²) in [5, 5.41) is 3.59. The van der Waals surface area contributed by atoms with Crippen LogP contribution in [0.5, 0.6) is 11.5 Å². The number of anilines is 1. The first-order valence-electron chi connectivity index (χ1n) is 7.88. The van der Waals surface area contributed by atoms with Gasteiger partial charge in [0.15, 0.2) is 0 Å². The Kier molecular flexibility index (Phi) is 4.53. The highest BCUT2D eigenvalue weighted by molar-refractivity contribution is 6.08. The maximum atomic E-state index is 12.7. The first kappa shape index (κ1) is 17.3. The van der Waals surface area contributed by atoms with E-state index in [1.54, 1.807) is 68.3 Å². The molecular weight excluding hydrogens is 334 g/mol.